The van der Waals surface area contributed by atoms with Gasteiger partial charge in [0.1, 0.15) is 11.6 Å². The first-order chi connectivity index (χ1) is 26.0. The molecular formula is C45H46B2N6O. The zero-order chi connectivity index (χ0) is 37.5. The maximum atomic E-state index is 6.68. The van der Waals surface area contributed by atoms with Gasteiger partial charge in [-0.05, 0) is 95.0 Å². The van der Waals surface area contributed by atoms with Crippen LogP contribution in [0.15, 0.2) is 115 Å². The Bertz CT molecular complexity index is 2550. The Morgan fingerprint density at radius 2 is 1.44 bits per heavy atom. The van der Waals surface area contributed by atoms with Gasteiger partial charge in [0.25, 0.3) is 0 Å². The van der Waals surface area contributed by atoms with Crippen molar-refractivity contribution in [3.8, 4) is 17.4 Å². The highest BCUT2D eigenvalue weighted by molar-refractivity contribution is 7.01. The number of ether oxygens (including phenoxy) is 1. The second kappa shape index (κ2) is 12.7. The number of hydrogen-bond acceptors (Lipinski definition) is 6. The van der Waals surface area contributed by atoms with Crippen molar-refractivity contribution in [2.45, 2.75) is 65.7 Å². The first-order valence-electron chi connectivity index (χ1n) is 19.2. The minimum absolute atomic E-state index is 0.00340. The van der Waals surface area contributed by atoms with Crippen molar-refractivity contribution in [3.63, 3.8) is 0 Å². The Labute approximate surface area is 319 Å². The van der Waals surface area contributed by atoms with Crippen molar-refractivity contribution in [3.05, 3.63) is 132 Å². The van der Waals surface area contributed by atoms with Crippen molar-refractivity contribution in [2.75, 3.05) is 21.8 Å². The molecule has 0 amide bonds. The largest absolute Gasteiger partial charge is 0.439 e. The van der Waals surface area contributed by atoms with Gasteiger partial charge < -0.3 is 19.5 Å². The van der Waals surface area contributed by atoms with Crippen LogP contribution in [0, 0.1) is 0 Å². The van der Waals surface area contributed by atoms with Gasteiger partial charge in [-0.2, -0.15) is 0 Å². The Hall–Kier alpha value is -5.69. The third-order valence-electron chi connectivity index (χ3n) is 11.3. The van der Waals surface area contributed by atoms with E-state index < -0.39 is 0 Å². The third-order valence-corrected chi connectivity index (χ3v) is 11.3. The van der Waals surface area contributed by atoms with Crippen molar-refractivity contribution in [1.82, 2.24) is 14.5 Å². The molecule has 0 aliphatic carbocycles. The smallest absolute Gasteiger partial charge is 0.419 e. The molecule has 0 bridgehead atoms. The molecule has 54 heavy (non-hydrogen) atoms. The van der Waals surface area contributed by atoms with Crippen LogP contribution in [0.25, 0.3) is 27.6 Å². The summed E-state index contributed by atoms with van der Waals surface area (Å²) in [5, 5.41) is 6.18. The molecule has 9 rings (SSSR count). The number of nitrogens with one attached hydrogen (secondary N) is 1. The average Bonchev–Trinajstić information content (AvgIpc) is 3.70. The molecule has 1 N–H and O–H groups in total. The summed E-state index contributed by atoms with van der Waals surface area (Å²) < 4.78 is 11.4. The van der Waals surface area contributed by atoms with E-state index in [0.29, 0.717) is 17.7 Å². The lowest BCUT2D eigenvalue weighted by atomic mass is 9.48. The van der Waals surface area contributed by atoms with Crippen LogP contribution in [-0.2, 0) is 5.41 Å². The second-order valence-corrected chi connectivity index (χ2v) is 16.5. The van der Waals surface area contributed by atoms with Crippen LogP contribution in [0.4, 0.5) is 17.1 Å². The van der Waals surface area contributed by atoms with E-state index >= 15 is 0 Å². The highest BCUT2D eigenvalue weighted by atomic mass is 16.5. The third kappa shape index (κ3) is 5.43. The van der Waals surface area contributed by atoms with Gasteiger partial charge in [-0.25, -0.2) is 9.97 Å². The number of benzene rings is 4. The monoisotopic (exact) mass is 708 g/mol. The van der Waals surface area contributed by atoms with Crippen LogP contribution in [0.2, 0.25) is 0 Å². The molecule has 0 saturated heterocycles. The lowest BCUT2D eigenvalue weighted by Crippen LogP contribution is -2.73. The van der Waals surface area contributed by atoms with Gasteiger partial charge in [0, 0.05) is 46.2 Å². The van der Waals surface area contributed by atoms with Crippen LogP contribution in [0.3, 0.4) is 0 Å². The number of rotatable bonds is 6. The lowest BCUT2D eigenvalue weighted by molar-refractivity contribution is 0.465. The first kappa shape index (κ1) is 34.1. The molecule has 5 heterocycles. The number of anilines is 3. The van der Waals surface area contributed by atoms with Crippen molar-refractivity contribution in [2.24, 2.45) is 0 Å². The van der Waals surface area contributed by atoms with Gasteiger partial charge in [-0.15, -0.1) is 0 Å². The Balaban J connectivity index is 1.15. The second-order valence-electron chi connectivity index (χ2n) is 16.5. The highest BCUT2D eigenvalue weighted by Gasteiger charge is 2.51. The molecular weight excluding hydrogens is 662 g/mol. The summed E-state index contributed by atoms with van der Waals surface area (Å²) in [7, 11) is 2.21. The van der Waals surface area contributed by atoms with Gasteiger partial charge in [-0.3, -0.25) is 4.57 Å². The van der Waals surface area contributed by atoms with E-state index in [9.17, 15) is 0 Å². The Morgan fingerprint density at radius 3 is 2.20 bits per heavy atom. The van der Waals surface area contributed by atoms with E-state index in [2.05, 4.69) is 172 Å². The van der Waals surface area contributed by atoms with Gasteiger partial charge in [-0.1, -0.05) is 97.0 Å². The van der Waals surface area contributed by atoms with Gasteiger partial charge in [0.2, 0.25) is 5.88 Å². The molecule has 7 nitrogen and oxygen atoms in total. The average molecular weight is 709 g/mol. The maximum absolute atomic E-state index is 6.68. The first-order valence-corrected chi connectivity index (χ1v) is 19.2. The fraction of sp³-hybridized carbons (Fsp3) is 0.244. The van der Waals surface area contributed by atoms with Gasteiger partial charge >= 0.3 is 14.0 Å². The zero-order valence-electron chi connectivity index (χ0n) is 32.4. The molecule has 0 spiro atoms. The van der Waals surface area contributed by atoms with E-state index in [1.165, 1.54) is 33.2 Å². The van der Waals surface area contributed by atoms with Crippen molar-refractivity contribution < 1.29 is 4.74 Å². The maximum Gasteiger partial charge on any atom is 0.419 e. The number of nitrogens with zero attached hydrogens (tertiary/aromatic N) is 5. The van der Waals surface area contributed by atoms with Crippen LogP contribution < -0.4 is 30.6 Å². The molecule has 0 unspecified atom stereocenters. The minimum Gasteiger partial charge on any atom is -0.439 e. The van der Waals surface area contributed by atoms with Crippen molar-refractivity contribution >= 4 is 63.9 Å². The van der Waals surface area contributed by atoms with E-state index in [0.717, 1.165) is 45.0 Å². The molecule has 0 saturated carbocycles. The number of hydrogen-bond donors (Lipinski definition) is 1. The van der Waals surface area contributed by atoms with Gasteiger partial charge in [0.05, 0.1) is 16.6 Å². The SMILES string of the molecule is CC(C)c1cccc(C(C)C)c1B1N(C)c2ccc(Oc3ccc4c5ccccc5n(-c5cc(C(C)(C)C)ccn5)c4c3)nc2B2Nc3ccccc3N21. The van der Waals surface area contributed by atoms with Crippen molar-refractivity contribution in [1.29, 1.82) is 0 Å². The number of para-hydroxylation sites is 3. The molecule has 4 aromatic carbocycles. The van der Waals surface area contributed by atoms with E-state index in [1.54, 1.807) is 0 Å². The fourth-order valence-corrected chi connectivity index (χ4v) is 8.60. The topological polar surface area (TPSA) is 58.5 Å². The molecule has 268 valence electrons. The molecule has 7 aromatic rings. The Kier molecular flexibility index (Phi) is 8.03. The summed E-state index contributed by atoms with van der Waals surface area (Å²) in [5.41, 5.74) is 11.8. The summed E-state index contributed by atoms with van der Waals surface area (Å²) in [6.45, 7) is 15.7. The Morgan fingerprint density at radius 1 is 0.722 bits per heavy atom. The lowest BCUT2D eigenvalue weighted by Gasteiger charge is -2.44. The molecule has 2 aliphatic heterocycles. The molecule has 0 atom stereocenters. The van der Waals surface area contributed by atoms with Crippen LogP contribution in [-0.4, -0.2) is 35.5 Å². The highest BCUT2D eigenvalue weighted by Crippen LogP contribution is 2.40. The molecule has 9 heteroatoms. The van der Waals surface area contributed by atoms with E-state index in [-0.39, 0.29) is 19.4 Å². The molecule has 0 radical (unpaired) electrons. The predicted molar refractivity (Wildman–Crippen MR) is 228 cm³/mol. The zero-order valence-corrected chi connectivity index (χ0v) is 32.4. The number of pyridine rings is 2. The van der Waals surface area contributed by atoms with Crippen LogP contribution >= 0.6 is 0 Å². The molecule has 0 fully saturated rings. The summed E-state index contributed by atoms with van der Waals surface area (Å²) >= 11 is 0. The fourth-order valence-electron chi connectivity index (χ4n) is 8.60. The number of fused-ring (bicyclic) bond motifs is 8. The molecule has 2 aliphatic rings. The summed E-state index contributed by atoms with van der Waals surface area (Å²) in [6, 6.07) is 38.8. The predicted octanol–water partition coefficient (Wildman–Crippen LogP) is 9.38. The normalized spacial score (nSPS) is 13.9. The summed E-state index contributed by atoms with van der Waals surface area (Å²) in [6.07, 6.45) is 1.92. The van der Waals surface area contributed by atoms with Crippen LogP contribution in [0.5, 0.6) is 11.6 Å². The quantitative estimate of drug-likeness (QED) is 0.174. The summed E-state index contributed by atoms with van der Waals surface area (Å²) in [5.74, 6) is 2.92. The van der Waals surface area contributed by atoms with E-state index in [4.69, 9.17) is 14.7 Å². The van der Waals surface area contributed by atoms with Crippen LogP contribution in [0.1, 0.15) is 77.0 Å². The van der Waals surface area contributed by atoms with E-state index in [1.807, 2.05) is 18.3 Å². The molecule has 3 aromatic heterocycles. The standard InChI is InChI=1S/C45H46B2N6O/c1-28(2)32-15-13-16-33(29(3)4)43(32)47-51(8)39-22-23-42(49-44(39)46-50-36-17-10-12-19-38(36)53(46)47)54-31-20-21-35-34-14-9-11-18-37(34)52(40(35)27-31)41-26-30(24-25-48-41)45(5,6)7/h9-29,50H,1-8H3. The summed E-state index contributed by atoms with van der Waals surface area (Å²) in [4.78, 5) is 12.6. The van der Waals surface area contributed by atoms with Gasteiger partial charge in [0.15, 0.2) is 0 Å². The minimum atomic E-state index is -0.173. The number of aromatic nitrogens is 3.